The largest absolute Gasteiger partial charge is 0.326 e. The number of benzene rings is 2. The van der Waals surface area contributed by atoms with Crippen LogP contribution in [0.4, 0.5) is 5.69 Å². The third-order valence-electron chi connectivity index (χ3n) is 4.58. The molecule has 1 N–H and O–H groups in total. The van der Waals surface area contributed by atoms with Gasteiger partial charge in [-0.2, -0.15) is 0 Å². The van der Waals surface area contributed by atoms with Gasteiger partial charge in [-0.05, 0) is 43.5 Å². The third kappa shape index (κ3) is 4.06. The number of hydrogen-bond acceptors (Lipinski definition) is 4. The van der Waals surface area contributed by atoms with Gasteiger partial charge < -0.3 is 5.32 Å². The number of nitrogens with zero attached hydrogens (tertiary/aromatic N) is 3. The number of amides is 1. The summed E-state index contributed by atoms with van der Waals surface area (Å²) in [6.45, 7) is 3.70. The van der Waals surface area contributed by atoms with Gasteiger partial charge >= 0.3 is 0 Å². The Kier molecular flexibility index (Phi) is 4.99. The summed E-state index contributed by atoms with van der Waals surface area (Å²) in [4.78, 5) is 11.4. The molecule has 1 aliphatic rings. The van der Waals surface area contributed by atoms with Crippen LogP contribution in [-0.4, -0.2) is 20.7 Å². The predicted octanol–water partition coefficient (Wildman–Crippen LogP) is 4.96. The second-order valence-corrected chi connectivity index (χ2v) is 8.16. The standard InChI is InChI=1S/C21H22N4OS/c1-14(16-7-4-3-5-8-16)27-21-24-23-20(17-11-12-17)25(21)19-10-6-9-18(13-19)22-15(2)26/h3-10,13-14,17H,11-12H2,1-2H3,(H,22,26)/t14-/m0/s1. The van der Waals surface area contributed by atoms with Crippen LogP contribution in [0.5, 0.6) is 0 Å². The molecule has 0 radical (unpaired) electrons. The Hall–Kier alpha value is -2.60. The first kappa shape index (κ1) is 17.8. The quantitative estimate of drug-likeness (QED) is 0.616. The monoisotopic (exact) mass is 378 g/mol. The Morgan fingerprint density at radius 2 is 1.93 bits per heavy atom. The van der Waals surface area contributed by atoms with E-state index in [2.05, 4.69) is 51.3 Å². The lowest BCUT2D eigenvalue weighted by Crippen LogP contribution is -2.07. The van der Waals surface area contributed by atoms with Crippen LogP contribution in [0.15, 0.2) is 59.8 Å². The van der Waals surface area contributed by atoms with E-state index in [9.17, 15) is 4.79 Å². The summed E-state index contributed by atoms with van der Waals surface area (Å²) >= 11 is 1.71. The number of rotatable bonds is 6. The molecule has 1 fully saturated rings. The molecule has 0 unspecified atom stereocenters. The molecule has 1 aliphatic carbocycles. The highest BCUT2D eigenvalue weighted by Gasteiger charge is 2.31. The smallest absolute Gasteiger partial charge is 0.221 e. The van der Waals surface area contributed by atoms with Gasteiger partial charge in [0, 0.05) is 23.8 Å². The van der Waals surface area contributed by atoms with Gasteiger partial charge in [0.2, 0.25) is 5.91 Å². The molecule has 6 heteroatoms. The van der Waals surface area contributed by atoms with Crippen molar-refractivity contribution in [2.45, 2.75) is 43.0 Å². The molecule has 5 nitrogen and oxygen atoms in total. The van der Waals surface area contributed by atoms with Crippen LogP contribution in [-0.2, 0) is 4.79 Å². The Bertz CT molecular complexity index is 950. The van der Waals surface area contributed by atoms with Gasteiger partial charge in [0.1, 0.15) is 5.82 Å². The predicted molar refractivity (Wildman–Crippen MR) is 108 cm³/mol. The van der Waals surface area contributed by atoms with Crippen molar-refractivity contribution in [3.8, 4) is 5.69 Å². The number of anilines is 1. The molecule has 1 saturated carbocycles. The van der Waals surface area contributed by atoms with Crippen molar-refractivity contribution in [2.24, 2.45) is 0 Å². The molecule has 0 spiro atoms. The SMILES string of the molecule is CC(=O)Nc1cccc(-n2c(S[C@@H](C)c3ccccc3)nnc2C2CC2)c1. The number of aromatic nitrogens is 3. The highest BCUT2D eigenvalue weighted by atomic mass is 32.2. The molecule has 3 aromatic rings. The zero-order chi connectivity index (χ0) is 18.8. The minimum absolute atomic E-state index is 0.0781. The number of thioether (sulfide) groups is 1. The third-order valence-corrected chi connectivity index (χ3v) is 5.68. The minimum atomic E-state index is -0.0781. The maximum Gasteiger partial charge on any atom is 0.221 e. The van der Waals surface area contributed by atoms with Gasteiger partial charge in [0.25, 0.3) is 0 Å². The average molecular weight is 379 g/mol. The van der Waals surface area contributed by atoms with E-state index in [1.54, 1.807) is 11.8 Å². The van der Waals surface area contributed by atoms with E-state index in [1.165, 1.54) is 12.5 Å². The Morgan fingerprint density at radius 3 is 2.63 bits per heavy atom. The van der Waals surface area contributed by atoms with Gasteiger partial charge in [-0.3, -0.25) is 9.36 Å². The summed E-state index contributed by atoms with van der Waals surface area (Å²) in [6, 6.07) is 18.3. The summed E-state index contributed by atoms with van der Waals surface area (Å²) < 4.78 is 2.15. The zero-order valence-electron chi connectivity index (χ0n) is 15.4. The molecule has 0 saturated heterocycles. The van der Waals surface area contributed by atoms with Crippen LogP contribution in [0.3, 0.4) is 0 Å². The maximum absolute atomic E-state index is 11.4. The molecule has 1 aromatic heterocycles. The molecule has 2 aromatic carbocycles. The summed E-state index contributed by atoms with van der Waals surface area (Å²) in [5.41, 5.74) is 3.02. The van der Waals surface area contributed by atoms with E-state index < -0.39 is 0 Å². The zero-order valence-corrected chi connectivity index (χ0v) is 16.2. The summed E-state index contributed by atoms with van der Waals surface area (Å²) in [7, 11) is 0. The number of carbonyl (C=O) groups is 1. The minimum Gasteiger partial charge on any atom is -0.326 e. The van der Waals surface area contributed by atoms with Gasteiger partial charge in [0.15, 0.2) is 5.16 Å². The maximum atomic E-state index is 11.4. The molecule has 1 atom stereocenters. The molecular weight excluding hydrogens is 356 g/mol. The number of nitrogens with one attached hydrogen (secondary N) is 1. The van der Waals surface area contributed by atoms with E-state index in [4.69, 9.17) is 0 Å². The van der Waals surface area contributed by atoms with Crippen LogP contribution in [0, 0.1) is 0 Å². The number of hydrogen-bond donors (Lipinski definition) is 1. The van der Waals surface area contributed by atoms with E-state index in [-0.39, 0.29) is 11.2 Å². The fourth-order valence-electron chi connectivity index (χ4n) is 3.08. The fraction of sp³-hybridized carbons (Fsp3) is 0.286. The summed E-state index contributed by atoms with van der Waals surface area (Å²) in [5, 5.41) is 13.0. The lowest BCUT2D eigenvalue weighted by Gasteiger charge is -2.14. The van der Waals surface area contributed by atoms with E-state index in [1.807, 2.05) is 30.3 Å². The first-order valence-electron chi connectivity index (χ1n) is 9.17. The van der Waals surface area contributed by atoms with Crippen molar-refractivity contribution >= 4 is 23.4 Å². The average Bonchev–Trinajstić information content (AvgIpc) is 3.43. The molecule has 0 bridgehead atoms. The fourth-order valence-corrected chi connectivity index (χ4v) is 4.08. The van der Waals surface area contributed by atoms with Gasteiger partial charge in [-0.15, -0.1) is 10.2 Å². The molecule has 138 valence electrons. The summed E-state index contributed by atoms with van der Waals surface area (Å²) in [5.74, 6) is 1.41. The second-order valence-electron chi connectivity index (χ2n) is 6.85. The molecular formula is C21H22N4OS. The van der Waals surface area contributed by atoms with Crippen LogP contribution in [0.2, 0.25) is 0 Å². The molecule has 0 aliphatic heterocycles. The van der Waals surface area contributed by atoms with Crippen molar-refractivity contribution in [2.75, 3.05) is 5.32 Å². The molecule has 27 heavy (non-hydrogen) atoms. The Labute approximate surface area is 163 Å². The first-order chi connectivity index (χ1) is 13.1. The van der Waals surface area contributed by atoms with Gasteiger partial charge in [-0.1, -0.05) is 48.2 Å². The van der Waals surface area contributed by atoms with Crippen LogP contribution in [0.25, 0.3) is 5.69 Å². The molecule has 4 rings (SSSR count). The lowest BCUT2D eigenvalue weighted by molar-refractivity contribution is -0.114. The van der Waals surface area contributed by atoms with Crippen molar-refractivity contribution in [3.63, 3.8) is 0 Å². The topological polar surface area (TPSA) is 59.8 Å². The molecule has 1 amide bonds. The van der Waals surface area contributed by atoms with E-state index in [0.717, 1.165) is 35.2 Å². The van der Waals surface area contributed by atoms with E-state index >= 15 is 0 Å². The van der Waals surface area contributed by atoms with Gasteiger partial charge in [0.05, 0.1) is 5.69 Å². The van der Waals surface area contributed by atoms with E-state index in [0.29, 0.717) is 5.92 Å². The normalized spacial score (nSPS) is 14.7. The highest BCUT2D eigenvalue weighted by Crippen LogP contribution is 2.43. The molecule has 1 heterocycles. The Morgan fingerprint density at radius 1 is 1.15 bits per heavy atom. The van der Waals surface area contributed by atoms with Crippen LogP contribution >= 0.6 is 11.8 Å². The second kappa shape index (κ2) is 7.56. The highest BCUT2D eigenvalue weighted by molar-refractivity contribution is 7.99. The van der Waals surface area contributed by atoms with Crippen molar-refractivity contribution in [1.82, 2.24) is 14.8 Å². The first-order valence-corrected chi connectivity index (χ1v) is 10.0. The van der Waals surface area contributed by atoms with Crippen molar-refractivity contribution < 1.29 is 4.79 Å². The van der Waals surface area contributed by atoms with Crippen LogP contribution in [0.1, 0.15) is 49.2 Å². The van der Waals surface area contributed by atoms with Gasteiger partial charge in [-0.25, -0.2) is 0 Å². The Balaban J connectivity index is 1.69. The summed E-state index contributed by atoms with van der Waals surface area (Å²) in [6.07, 6.45) is 2.31. The number of carbonyl (C=O) groups excluding carboxylic acids is 1. The lowest BCUT2D eigenvalue weighted by atomic mass is 10.2. The van der Waals surface area contributed by atoms with Crippen LogP contribution < -0.4 is 5.32 Å². The van der Waals surface area contributed by atoms with Crippen molar-refractivity contribution in [3.05, 3.63) is 66.0 Å². The van der Waals surface area contributed by atoms with Crippen molar-refractivity contribution in [1.29, 1.82) is 0 Å².